The molecule has 8 heteroatoms. The van der Waals surface area contributed by atoms with Gasteiger partial charge in [-0.1, -0.05) is 41.4 Å². The Hall–Kier alpha value is -3.97. The number of carbonyl (C=O) groups excluding carboxylic acids is 1. The molecule has 0 aliphatic carbocycles. The Balaban J connectivity index is 1.80. The summed E-state index contributed by atoms with van der Waals surface area (Å²) in [5.41, 5.74) is 4.16. The molecule has 0 radical (unpaired) electrons. The smallest absolute Gasteiger partial charge is 0.254 e. The number of H-pyrrole nitrogens is 1. The van der Waals surface area contributed by atoms with Gasteiger partial charge in [-0.05, 0) is 60.7 Å². The molecule has 0 unspecified atom stereocenters. The molecule has 0 atom stereocenters. The molecular weight excluding hydrogens is 492 g/mol. The molecule has 1 heterocycles. The highest BCUT2D eigenvalue weighted by Gasteiger charge is 2.23. The van der Waals surface area contributed by atoms with Gasteiger partial charge in [0.05, 0.1) is 33.4 Å². The van der Waals surface area contributed by atoms with Crippen LogP contribution in [-0.2, 0) is 13.1 Å². The Labute approximate surface area is 220 Å². The molecule has 0 spiro atoms. The zero-order valence-electron chi connectivity index (χ0n) is 21.5. The molecule has 1 amide bonds. The molecule has 0 saturated heterocycles. The quantitative estimate of drug-likeness (QED) is 0.324. The number of nitrogens with one attached hydrogen (secondary N) is 1. The predicted octanol–water partition coefficient (Wildman–Crippen LogP) is 5.67. The molecule has 1 N–H and O–H groups in total. The second-order valence-electron chi connectivity index (χ2n) is 8.84. The third kappa shape index (κ3) is 5.42. The summed E-state index contributed by atoms with van der Waals surface area (Å²) in [6, 6.07) is 16.4. The lowest BCUT2D eigenvalue weighted by Gasteiger charge is -2.24. The molecule has 4 aromatic rings. The molecule has 4 rings (SSSR count). The number of ether oxygens (including phenoxy) is 3. The van der Waals surface area contributed by atoms with Crippen LogP contribution < -0.4 is 19.8 Å². The fourth-order valence-corrected chi connectivity index (χ4v) is 4.67. The van der Waals surface area contributed by atoms with Gasteiger partial charge in [0.1, 0.15) is 0 Å². The van der Waals surface area contributed by atoms with Crippen LogP contribution in [0, 0.1) is 13.8 Å². The Morgan fingerprint density at radius 2 is 1.54 bits per heavy atom. The number of benzene rings is 3. The van der Waals surface area contributed by atoms with Crippen molar-refractivity contribution in [3.05, 3.63) is 97.8 Å². The summed E-state index contributed by atoms with van der Waals surface area (Å²) in [6.07, 6.45) is 0. The Bertz CT molecular complexity index is 1500. The van der Waals surface area contributed by atoms with Crippen LogP contribution in [0.15, 0.2) is 59.4 Å². The topological polar surface area (TPSA) is 80.9 Å². The third-order valence-electron chi connectivity index (χ3n) is 6.25. The summed E-state index contributed by atoms with van der Waals surface area (Å²) in [5, 5.41) is 1.44. The molecule has 0 aliphatic heterocycles. The van der Waals surface area contributed by atoms with Gasteiger partial charge in [0.2, 0.25) is 5.75 Å². The maximum Gasteiger partial charge on any atom is 0.254 e. The van der Waals surface area contributed by atoms with Gasteiger partial charge in [-0.2, -0.15) is 0 Å². The zero-order valence-corrected chi connectivity index (χ0v) is 22.2. The van der Waals surface area contributed by atoms with Gasteiger partial charge in [0.15, 0.2) is 11.5 Å². The third-order valence-corrected chi connectivity index (χ3v) is 6.62. The molecule has 1 aromatic heterocycles. The highest BCUT2D eigenvalue weighted by atomic mass is 35.5. The van der Waals surface area contributed by atoms with Crippen molar-refractivity contribution >= 4 is 28.4 Å². The summed E-state index contributed by atoms with van der Waals surface area (Å²) in [6.45, 7) is 4.23. The number of halogens is 1. The fourth-order valence-electron chi connectivity index (χ4n) is 4.47. The van der Waals surface area contributed by atoms with Crippen molar-refractivity contribution in [2.24, 2.45) is 0 Å². The number of hydrogen-bond acceptors (Lipinski definition) is 5. The van der Waals surface area contributed by atoms with Gasteiger partial charge in [-0.25, -0.2) is 0 Å². The summed E-state index contributed by atoms with van der Waals surface area (Å²) in [5.74, 6) is 0.782. The maximum absolute atomic E-state index is 13.9. The summed E-state index contributed by atoms with van der Waals surface area (Å²) in [7, 11) is 4.48. The zero-order chi connectivity index (χ0) is 26.7. The first-order valence-corrected chi connectivity index (χ1v) is 12.1. The molecule has 0 aliphatic rings. The molecular formula is C29H29ClN2O5. The summed E-state index contributed by atoms with van der Waals surface area (Å²) < 4.78 is 16.3. The van der Waals surface area contributed by atoms with E-state index in [1.807, 2.05) is 50.2 Å². The average molecular weight is 521 g/mol. The number of aromatic amines is 1. The average Bonchev–Trinajstić information content (AvgIpc) is 2.88. The first-order valence-electron chi connectivity index (χ1n) is 11.7. The lowest BCUT2D eigenvalue weighted by Crippen LogP contribution is -2.32. The van der Waals surface area contributed by atoms with Gasteiger partial charge in [0, 0.05) is 22.7 Å². The van der Waals surface area contributed by atoms with Gasteiger partial charge in [0.25, 0.3) is 11.5 Å². The molecule has 0 saturated carbocycles. The van der Waals surface area contributed by atoms with E-state index in [-0.39, 0.29) is 24.6 Å². The van der Waals surface area contributed by atoms with E-state index in [0.29, 0.717) is 33.4 Å². The SMILES string of the molecule is COc1cc(C(=O)N(Cc2ccccc2Cl)Cc2cc3cc(C)cc(C)c3[nH]c2=O)cc(OC)c1OC. The standard InChI is InChI=1S/C29H29ClN2O5/c1-17-10-18(2)26-20(11-17)12-22(28(33)31-26)16-32(15-19-8-6-7-9-23(19)30)29(34)21-13-24(35-3)27(37-5)25(14-21)36-4/h6-14H,15-16H2,1-5H3,(H,31,33). The van der Waals surface area contributed by atoms with Crippen molar-refractivity contribution in [1.29, 1.82) is 0 Å². The van der Waals surface area contributed by atoms with E-state index in [0.717, 1.165) is 27.6 Å². The van der Waals surface area contributed by atoms with Gasteiger partial charge in [-0.3, -0.25) is 9.59 Å². The number of hydrogen-bond donors (Lipinski definition) is 1. The monoisotopic (exact) mass is 520 g/mol. The second kappa shape index (κ2) is 11.0. The lowest BCUT2D eigenvalue weighted by atomic mass is 10.0. The Kier molecular flexibility index (Phi) is 7.74. The number of methoxy groups -OCH3 is 3. The summed E-state index contributed by atoms with van der Waals surface area (Å²) >= 11 is 6.44. The predicted molar refractivity (Wildman–Crippen MR) is 145 cm³/mol. The van der Waals surface area contributed by atoms with E-state index < -0.39 is 0 Å². The van der Waals surface area contributed by atoms with E-state index in [2.05, 4.69) is 4.98 Å². The van der Waals surface area contributed by atoms with Crippen LogP contribution in [0.3, 0.4) is 0 Å². The molecule has 0 bridgehead atoms. The fraction of sp³-hybridized carbons (Fsp3) is 0.241. The summed E-state index contributed by atoms with van der Waals surface area (Å²) in [4.78, 5) is 31.6. The van der Waals surface area contributed by atoms with Crippen molar-refractivity contribution in [2.45, 2.75) is 26.9 Å². The first-order chi connectivity index (χ1) is 17.7. The number of fused-ring (bicyclic) bond motifs is 1. The van der Waals surface area contributed by atoms with Crippen LogP contribution in [0.1, 0.15) is 32.6 Å². The van der Waals surface area contributed by atoms with Crippen LogP contribution >= 0.6 is 11.6 Å². The Morgan fingerprint density at radius 1 is 0.892 bits per heavy atom. The molecule has 192 valence electrons. The number of rotatable bonds is 8. The number of amides is 1. The van der Waals surface area contributed by atoms with E-state index in [4.69, 9.17) is 25.8 Å². The minimum Gasteiger partial charge on any atom is -0.493 e. The van der Waals surface area contributed by atoms with Gasteiger partial charge in [-0.15, -0.1) is 0 Å². The lowest BCUT2D eigenvalue weighted by molar-refractivity contribution is 0.0728. The van der Waals surface area contributed by atoms with E-state index >= 15 is 0 Å². The van der Waals surface area contributed by atoms with Gasteiger partial charge >= 0.3 is 0 Å². The number of aryl methyl sites for hydroxylation is 2. The van der Waals surface area contributed by atoms with Crippen molar-refractivity contribution in [1.82, 2.24) is 9.88 Å². The molecule has 37 heavy (non-hydrogen) atoms. The highest BCUT2D eigenvalue weighted by Crippen LogP contribution is 2.38. The van der Waals surface area contributed by atoms with Crippen LogP contribution in [-0.4, -0.2) is 37.1 Å². The second-order valence-corrected chi connectivity index (χ2v) is 9.24. The highest BCUT2D eigenvalue weighted by molar-refractivity contribution is 6.31. The van der Waals surface area contributed by atoms with Gasteiger partial charge < -0.3 is 24.1 Å². The van der Waals surface area contributed by atoms with Crippen molar-refractivity contribution in [3.63, 3.8) is 0 Å². The molecule has 0 fully saturated rings. The van der Waals surface area contributed by atoms with Crippen LogP contribution in [0.25, 0.3) is 10.9 Å². The van der Waals surface area contributed by atoms with Crippen LogP contribution in [0.2, 0.25) is 5.02 Å². The van der Waals surface area contributed by atoms with E-state index in [1.54, 1.807) is 23.1 Å². The largest absolute Gasteiger partial charge is 0.493 e. The molecule has 3 aromatic carbocycles. The first kappa shape index (κ1) is 26.1. The van der Waals surface area contributed by atoms with Crippen molar-refractivity contribution in [2.75, 3.05) is 21.3 Å². The van der Waals surface area contributed by atoms with E-state index in [9.17, 15) is 9.59 Å². The Morgan fingerprint density at radius 3 is 2.16 bits per heavy atom. The number of nitrogens with zero attached hydrogens (tertiary/aromatic N) is 1. The van der Waals surface area contributed by atoms with Crippen molar-refractivity contribution in [3.8, 4) is 17.2 Å². The maximum atomic E-state index is 13.9. The number of aromatic nitrogens is 1. The van der Waals surface area contributed by atoms with Crippen LogP contribution in [0.5, 0.6) is 17.2 Å². The molecule has 7 nitrogen and oxygen atoms in total. The number of carbonyl (C=O) groups is 1. The minimum atomic E-state index is -0.320. The normalized spacial score (nSPS) is 10.9. The van der Waals surface area contributed by atoms with Crippen molar-refractivity contribution < 1.29 is 19.0 Å². The number of pyridine rings is 1. The van der Waals surface area contributed by atoms with E-state index in [1.165, 1.54) is 21.3 Å². The minimum absolute atomic E-state index is 0.0684. The van der Waals surface area contributed by atoms with Crippen LogP contribution in [0.4, 0.5) is 0 Å².